The Balaban J connectivity index is 1.39. The van der Waals surface area contributed by atoms with Gasteiger partial charge in [-0.2, -0.15) is 4.31 Å². The Labute approximate surface area is 208 Å². The highest BCUT2D eigenvalue weighted by Crippen LogP contribution is 2.70. The number of hydrogen-bond donors (Lipinski definition) is 0. The smallest absolute Gasteiger partial charge is 0.244 e. The van der Waals surface area contributed by atoms with Gasteiger partial charge in [0.1, 0.15) is 6.04 Å². The van der Waals surface area contributed by atoms with Gasteiger partial charge < -0.3 is 4.90 Å². The van der Waals surface area contributed by atoms with E-state index in [-0.39, 0.29) is 40.6 Å². The normalized spacial score (nSPS) is 35.9. The maximum Gasteiger partial charge on any atom is 0.244 e. The highest BCUT2D eigenvalue weighted by molar-refractivity contribution is 7.89. The summed E-state index contributed by atoms with van der Waals surface area (Å²) < 4.78 is 29.1. The van der Waals surface area contributed by atoms with Gasteiger partial charge >= 0.3 is 0 Å². The minimum Gasteiger partial charge on any atom is -0.326 e. The molecule has 6 atom stereocenters. The van der Waals surface area contributed by atoms with Crippen molar-refractivity contribution in [2.45, 2.75) is 64.2 Å². The third kappa shape index (κ3) is 3.15. The zero-order valence-electron chi connectivity index (χ0n) is 20.7. The quantitative estimate of drug-likeness (QED) is 0.562. The Kier molecular flexibility index (Phi) is 5.11. The van der Waals surface area contributed by atoms with E-state index in [1.807, 2.05) is 84.6 Å². The number of sulfonamides is 1. The summed E-state index contributed by atoms with van der Waals surface area (Å²) in [5.74, 6) is 0.630. The predicted octanol–water partition coefficient (Wildman–Crippen LogP) is 4.88. The zero-order chi connectivity index (χ0) is 24.6. The number of carbonyl (C=O) groups excluding carboxylic acids is 1. The summed E-state index contributed by atoms with van der Waals surface area (Å²) in [7, 11) is -3.53. The number of hydrogen-bond acceptors (Lipinski definition) is 3. The molecule has 4 fully saturated rings. The third-order valence-corrected chi connectivity index (χ3v) is 11.9. The van der Waals surface area contributed by atoms with Crippen molar-refractivity contribution >= 4 is 22.0 Å². The fourth-order valence-corrected chi connectivity index (χ4v) is 10.5. The molecule has 4 aliphatic rings. The summed E-state index contributed by atoms with van der Waals surface area (Å²) in [4.78, 5) is 15.7. The van der Waals surface area contributed by atoms with Crippen molar-refractivity contribution in [2.24, 2.45) is 16.7 Å². The SMILES string of the molecule is C[C@H](c1ccccc1)N1C(=O)[C@H](N2[C@@H]3C[C@H]4CC[C@@]3(CS2(=O)=O)C4(C)C)[C@H]1/C=C\c1ccccc1. The van der Waals surface area contributed by atoms with E-state index in [0.717, 1.165) is 30.4 Å². The molecular formula is C29H34N2O3S. The van der Waals surface area contributed by atoms with Gasteiger partial charge in [-0.3, -0.25) is 4.79 Å². The summed E-state index contributed by atoms with van der Waals surface area (Å²) in [6.45, 7) is 6.54. The topological polar surface area (TPSA) is 57.7 Å². The fourth-order valence-electron chi connectivity index (χ4n) is 7.78. The van der Waals surface area contributed by atoms with E-state index in [0.29, 0.717) is 5.92 Å². The lowest BCUT2D eigenvalue weighted by Gasteiger charge is -2.53. The second-order valence-electron chi connectivity index (χ2n) is 11.5. The number of likely N-dealkylation sites (tertiary alicyclic amines) is 1. The lowest BCUT2D eigenvalue weighted by Crippen LogP contribution is -2.71. The van der Waals surface area contributed by atoms with Gasteiger partial charge in [0, 0.05) is 11.5 Å². The molecule has 0 unspecified atom stereocenters. The lowest BCUT2D eigenvalue weighted by molar-refractivity contribution is -0.158. The van der Waals surface area contributed by atoms with E-state index in [4.69, 9.17) is 0 Å². The van der Waals surface area contributed by atoms with Gasteiger partial charge in [0.15, 0.2) is 0 Å². The number of fused-ring (bicyclic) bond motifs is 1. The van der Waals surface area contributed by atoms with Crippen molar-refractivity contribution in [1.29, 1.82) is 0 Å². The largest absolute Gasteiger partial charge is 0.326 e. The zero-order valence-corrected chi connectivity index (χ0v) is 21.5. The van der Waals surface area contributed by atoms with Crippen molar-refractivity contribution in [3.05, 3.63) is 77.9 Å². The number of β-lactam (4-membered cyclic amide) rings is 1. The van der Waals surface area contributed by atoms with Crippen LogP contribution in [0, 0.1) is 16.7 Å². The van der Waals surface area contributed by atoms with Gasteiger partial charge in [-0.05, 0) is 48.6 Å². The molecule has 1 spiro atoms. The summed E-state index contributed by atoms with van der Waals surface area (Å²) in [5, 5.41) is 0. The minimum absolute atomic E-state index is 0.0152. The average Bonchev–Trinajstić information content (AvgIpc) is 3.32. The summed E-state index contributed by atoms with van der Waals surface area (Å²) >= 11 is 0. The summed E-state index contributed by atoms with van der Waals surface area (Å²) in [6, 6.07) is 18.8. The molecule has 2 saturated heterocycles. The second-order valence-corrected chi connectivity index (χ2v) is 13.4. The molecule has 1 amide bonds. The first-order valence-corrected chi connectivity index (χ1v) is 14.4. The number of benzene rings is 2. The maximum atomic E-state index is 13.8. The molecule has 6 rings (SSSR count). The molecule has 35 heavy (non-hydrogen) atoms. The van der Waals surface area contributed by atoms with Crippen LogP contribution in [-0.4, -0.2) is 47.4 Å². The Morgan fingerprint density at radius 3 is 2.34 bits per heavy atom. The van der Waals surface area contributed by atoms with E-state index in [1.165, 1.54) is 0 Å². The molecule has 2 aromatic carbocycles. The van der Waals surface area contributed by atoms with Crippen LogP contribution in [0.1, 0.15) is 57.2 Å². The first-order chi connectivity index (χ1) is 16.7. The van der Waals surface area contributed by atoms with Crippen molar-refractivity contribution in [1.82, 2.24) is 9.21 Å². The van der Waals surface area contributed by atoms with Gasteiger partial charge in [-0.1, -0.05) is 86.7 Å². The van der Waals surface area contributed by atoms with Gasteiger partial charge in [-0.25, -0.2) is 8.42 Å². The number of amides is 1. The monoisotopic (exact) mass is 490 g/mol. The van der Waals surface area contributed by atoms with Crippen LogP contribution in [-0.2, 0) is 14.8 Å². The van der Waals surface area contributed by atoms with E-state index >= 15 is 0 Å². The highest BCUT2D eigenvalue weighted by atomic mass is 32.2. The highest BCUT2D eigenvalue weighted by Gasteiger charge is 2.74. The molecule has 0 N–H and O–H groups in total. The second kappa shape index (κ2) is 7.78. The molecule has 2 saturated carbocycles. The van der Waals surface area contributed by atoms with Gasteiger partial charge in [0.05, 0.1) is 17.8 Å². The third-order valence-electron chi connectivity index (χ3n) is 9.87. The molecule has 2 aromatic rings. The van der Waals surface area contributed by atoms with Gasteiger partial charge in [0.2, 0.25) is 15.9 Å². The van der Waals surface area contributed by atoms with Gasteiger partial charge in [-0.15, -0.1) is 0 Å². The predicted molar refractivity (Wildman–Crippen MR) is 138 cm³/mol. The average molecular weight is 491 g/mol. The lowest BCUT2D eigenvalue weighted by atomic mass is 9.68. The Bertz CT molecular complexity index is 1270. The molecule has 0 radical (unpaired) electrons. The Morgan fingerprint density at radius 1 is 1.03 bits per heavy atom. The van der Waals surface area contributed by atoms with Crippen LogP contribution in [0.3, 0.4) is 0 Å². The van der Waals surface area contributed by atoms with Crippen molar-refractivity contribution in [2.75, 3.05) is 5.75 Å². The molecule has 0 aromatic heterocycles. The molecule has 184 valence electrons. The summed E-state index contributed by atoms with van der Waals surface area (Å²) in [6.07, 6.45) is 6.98. The van der Waals surface area contributed by atoms with Crippen LogP contribution in [0.15, 0.2) is 66.7 Å². The molecule has 2 heterocycles. The maximum absolute atomic E-state index is 13.8. The minimum atomic E-state index is -3.53. The van der Waals surface area contributed by atoms with E-state index in [1.54, 1.807) is 4.31 Å². The van der Waals surface area contributed by atoms with Crippen molar-refractivity contribution in [3.8, 4) is 0 Å². The van der Waals surface area contributed by atoms with E-state index in [9.17, 15) is 13.2 Å². The Morgan fingerprint density at radius 2 is 1.69 bits per heavy atom. The van der Waals surface area contributed by atoms with Gasteiger partial charge in [0.25, 0.3) is 0 Å². The molecule has 6 heteroatoms. The van der Waals surface area contributed by atoms with Crippen LogP contribution >= 0.6 is 0 Å². The van der Waals surface area contributed by atoms with Crippen molar-refractivity contribution < 1.29 is 13.2 Å². The van der Waals surface area contributed by atoms with E-state index in [2.05, 4.69) is 13.8 Å². The first kappa shape index (κ1) is 23.0. The Hall–Kier alpha value is -2.44. The van der Waals surface area contributed by atoms with Crippen LogP contribution in [0.4, 0.5) is 0 Å². The van der Waals surface area contributed by atoms with Crippen LogP contribution in [0.2, 0.25) is 0 Å². The van der Waals surface area contributed by atoms with Crippen LogP contribution < -0.4 is 0 Å². The van der Waals surface area contributed by atoms with E-state index < -0.39 is 16.1 Å². The first-order valence-electron chi connectivity index (χ1n) is 12.8. The van der Waals surface area contributed by atoms with Crippen LogP contribution in [0.5, 0.6) is 0 Å². The molecule has 2 aliphatic carbocycles. The summed E-state index contributed by atoms with van der Waals surface area (Å²) in [5.41, 5.74) is 1.84. The van der Waals surface area contributed by atoms with Crippen LogP contribution in [0.25, 0.3) is 6.08 Å². The molecular weight excluding hydrogens is 456 g/mol. The number of rotatable bonds is 5. The fraction of sp³-hybridized carbons (Fsp3) is 0.483. The molecule has 2 bridgehead atoms. The van der Waals surface area contributed by atoms with Crippen molar-refractivity contribution in [3.63, 3.8) is 0 Å². The molecule has 5 nitrogen and oxygen atoms in total. The number of nitrogens with zero attached hydrogens (tertiary/aromatic N) is 2. The standard InChI is InChI=1S/C29H34N2O3S/c1-20(22-12-8-5-9-13-22)30-24(15-14-21-10-6-4-7-11-21)26(27(30)32)31-25-18-23-16-17-29(25,28(23,2)3)19-35(31,33)34/h4-15,20,23-26H,16-19H2,1-3H3/b15-14-/t20-,23-,24-,25-,26-,29+/m1/s1. The molecule has 2 aliphatic heterocycles. The number of carbonyl (C=O) groups is 1.